The molecular formula is C17H20FN3O. The maximum absolute atomic E-state index is 12.9. The summed E-state index contributed by atoms with van der Waals surface area (Å²) >= 11 is 0. The number of halogens is 1. The van der Waals surface area contributed by atoms with Crippen molar-refractivity contribution in [3.63, 3.8) is 0 Å². The Bertz CT molecular complexity index is 626. The predicted octanol–water partition coefficient (Wildman–Crippen LogP) is 2.79. The van der Waals surface area contributed by atoms with Crippen LogP contribution in [0, 0.1) is 5.82 Å². The summed E-state index contributed by atoms with van der Waals surface area (Å²) in [6, 6.07) is 13.4. The average molecular weight is 301 g/mol. The normalized spacial score (nSPS) is 11.3. The zero-order valence-corrected chi connectivity index (χ0v) is 12.5. The Kier molecular flexibility index (Phi) is 5.77. The molecule has 0 aromatic heterocycles. The van der Waals surface area contributed by atoms with Crippen LogP contribution in [0.4, 0.5) is 4.39 Å². The predicted molar refractivity (Wildman–Crippen MR) is 86.2 cm³/mol. The summed E-state index contributed by atoms with van der Waals surface area (Å²) in [6.07, 6.45) is 0. The minimum Gasteiger partial charge on any atom is -0.508 e. The molecule has 0 amide bonds. The third-order valence-electron chi connectivity index (χ3n) is 3.05. The summed E-state index contributed by atoms with van der Waals surface area (Å²) in [5.41, 5.74) is 1.91. The zero-order valence-electron chi connectivity index (χ0n) is 12.5. The lowest BCUT2D eigenvalue weighted by molar-refractivity contribution is 0.474. The minimum atomic E-state index is -0.242. The van der Waals surface area contributed by atoms with Gasteiger partial charge in [-0.05, 0) is 42.3 Å². The van der Waals surface area contributed by atoms with Gasteiger partial charge in [0.05, 0.1) is 6.54 Å². The maximum Gasteiger partial charge on any atom is 0.191 e. The number of aliphatic imine (C=N–C) groups is 1. The zero-order chi connectivity index (χ0) is 15.8. The number of hydrogen-bond donors (Lipinski definition) is 3. The maximum atomic E-state index is 12.9. The molecule has 2 rings (SSSR count). The molecule has 3 N–H and O–H groups in total. The van der Waals surface area contributed by atoms with Crippen molar-refractivity contribution in [3.8, 4) is 5.75 Å². The first-order chi connectivity index (χ1) is 10.7. The lowest BCUT2D eigenvalue weighted by Crippen LogP contribution is -2.36. The number of guanidine groups is 1. The van der Waals surface area contributed by atoms with E-state index >= 15 is 0 Å². The summed E-state index contributed by atoms with van der Waals surface area (Å²) in [4.78, 5) is 4.47. The number of benzene rings is 2. The van der Waals surface area contributed by atoms with Gasteiger partial charge in [-0.25, -0.2) is 9.38 Å². The van der Waals surface area contributed by atoms with Crippen LogP contribution in [0.5, 0.6) is 5.75 Å². The van der Waals surface area contributed by atoms with Crippen molar-refractivity contribution in [2.75, 3.05) is 6.54 Å². The second-order valence-electron chi connectivity index (χ2n) is 4.85. The Balaban J connectivity index is 1.96. The molecule has 0 spiro atoms. The van der Waals surface area contributed by atoms with Crippen LogP contribution in [-0.4, -0.2) is 17.6 Å². The first kappa shape index (κ1) is 15.8. The molecule has 0 unspecified atom stereocenters. The molecule has 0 bridgehead atoms. The van der Waals surface area contributed by atoms with Crippen molar-refractivity contribution in [1.29, 1.82) is 0 Å². The quantitative estimate of drug-likeness (QED) is 0.588. The molecule has 2 aromatic carbocycles. The van der Waals surface area contributed by atoms with Gasteiger partial charge < -0.3 is 15.7 Å². The highest BCUT2D eigenvalue weighted by molar-refractivity contribution is 5.79. The van der Waals surface area contributed by atoms with E-state index in [4.69, 9.17) is 0 Å². The van der Waals surface area contributed by atoms with Crippen molar-refractivity contribution in [3.05, 3.63) is 65.5 Å². The molecule has 0 aliphatic carbocycles. The van der Waals surface area contributed by atoms with Gasteiger partial charge in [0.25, 0.3) is 0 Å². The Morgan fingerprint density at radius 1 is 1.09 bits per heavy atom. The van der Waals surface area contributed by atoms with Crippen LogP contribution in [0.15, 0.2) is 53.5 Å². The van der Waals surface area contributed by atoms with E-state index < -0.39 is 0 Å². The van der Waals surface area contributed by atoms with Crippen molar-refractivity contribution in [1.82, 2.24) is 10.6 Å². The van der Waals surface area contributed by atoms with E-state index in [2.05, 4.69) is 15.6 Å². The summed E-state index contributed by atoms with van der Waals surface area (Å²) in [5.74, 6) is 0.667. The SMILES string of the molecule is CCNC(=NCc1cccc(O)c1)NCc1ccc(F)cc1. The highest BCUT2D eigenvalue weighted by Crippen LogP contribution is 2.11. The standard InChI is InChI=1S/C17H20FN3O/c1-2-19-17(20-11-13-6-8-15(18)9-7-13)21-12-14-4-3-5-16(22)10-14/h3-10,22H,2,11-12H2,1H3,(H2,19,20,21). The average Bonchev–Trinajstić information content (AvgIpc) is 2.52. The number of nitrogens with zero attached hydrogens (tertiary/aromatic N) is 1. The van der Waals surface area contributed by atoms with E-state index in [-0.39, 0.29) is 11.6 Å². The number of aromatic hydroxyl groups is 1. The molecule has 116 valence electrons. The fraction of sp³-hybridized carbons (Fsp3) is 0.235. The largest absolute Gasteiger partial charge is 0.508 e. The number of rotatable bonds is 5. The fourth-order valence-electron chi connectivity index (χ4n) is 1.95. The van der Waals surface area contributed by atoms with Gasteiger partial charge in [-0.1, -0.05) is 24.3 Å². The monoisotopic (exact) mass is 301 g/mol. The van der Waals surface area contributed by atoms with Gasteiger partial charge in [-0.15, -0.1) is 0 Å². The topological polar surface area (TPSA) is 56.7 Å². The number of phenolic OH excluding ortho intramolecular Hbond substituents is 1. The molecule has 0 aliphatic rings. The smallest absolute Gasteiger partial charge is 0.191 e. The van der Waals surface area contributed by atoms with Crippen LogP contribution in [0.3, 0.4) is 0 Å². The van der Waals surface area contributed by atoms with Gasteiger partial charge in [0, 0.05) is 13.1 Å². The third-order valence-corrected chi connectivity index (χ3v) is 3.05. The summed E-state index contributed by atoms with van der Waals surface area (Å²) in [7, 11) is 0. The second kappa shape index (κ2) is 8.02. The Labute approximate surface area is 129 Å². The van der Waals surface area contributed by atoms with Gasteiger partial charge in [-0.2, -0.15) is 0 Å². The van der Waals surface area contributed by atoms with Gasteiger partial charge in [0.2, 0.25) is 0 Å². The Hall–Kier alpha value is -2.56. The van der Waals surface area contributed by atoms with Crippen molar-refractivity contribution in [2.24, 2.45) is 4.99 Å². The summed E-state index contributed by atoms with van der Waals surface area (Å²) < 4.78 is 12.9. The third kappa shape index (κ3) is 5.09. The molecule has 0 fully saturated rings. The molecular weight excluding hydrogens is 281 g/mol. The lowest BCUT2D eigenvalue weighted by Gasteiger charge is -2.11. The molecule has 4 nitrogen and oxygen atoms in total. The summed E-state index contributed by atoms with van der Waals surface area (Å²) in [6.45, 7) is 3.76. The fourth-order valence-corrected chi connectivity index (χ4v) is 1.95. The first-order valence-electron chi connectivity index (χ1n) is 7.22. The van der Waals surface area contributed by atoms with Crippen LogP contribution in [0.25, 0.3) is 0 Å². The van der Waals surface area contributed by atoms with Crippen LogP contribution < -0.4 is 10.6 Å². The number of phenols is 1. The second-order valence-corrected chi connectivity index (χ2v) is 4.85. The summed E-state index contributed by atoms with van der Waals surface area (Å²) in [5, 5.41) is 15.8. The van der Waals surface area contributed by atoms with Gasteiger partial charge >= 0.3 is 0 Å². The van der Waals surface area contributed by atoms with Crippen LogP contribution in [0.2, 0.25) is 0 Å². The molecule has 0 saturated carbocycles. The van der Waals surface area contributed by atoms with Crippen molar-refractivity contribution >= 4 is 5.96 Å². The minimum absolute atomic E-state index is 0.233. The number of nitrogens with one attached hydrogen (secondary N) is 2. The van der Waals surface area contributed by atoms with Gasteiger partial charge in [0.15, 0.2) is 5.96 Å². The molecule has 0 atom stereocenters. The van der Waals surface area contributed by atoms with E-state index in [9.17, 15) is 9.50 Å². The molecule has 0 heterocycles. The van der Waals surface area contributed by atoms with Crippen molar-refractivity contribution in [2.45, 2.75) is 20.0 Å². The van der Waals surface area contributed by atoms with E-state index in [1.54, 1.807) is 30.3 Å². The first-order valence-corrected chi connectivity index (χ1v) is 7.22. The van der Waals surface area contributed by atoms with E-state index in [0.29, 0.717) is 19.0 Å². The van der Waals surface area contributed by atoms with Crippen LogP contribution >= 0.6 is 0 Å². The molecule has 0 saturated heterocycles. The lowest BCUT2D eigenvalue weighted by atomic mass is 10.2. The molecule has 2 aromatic rings. The Morgan fingerprint density at radius 2 is 1.86 bits per heavy atom. The van der Waals surface area contributed by atoms with Crippen LogP contribution in [0.1, 0.15) is 18.1 Å². The van der Waals surface area contributed by atoms with Gasteiger partial charge in [-0.3, -0.25) is 0 Å². The van der Waals surface area contributed by atoms with Gasteiger partial charge in [0.1, 0.15) is 11.6 Å². The highest BCUT2D eigenvalue weighted by Gasteiger charge is 2.00. The molecule has 0 radical (unpaired) electrons. The number of hydrogen-bond acceptors (Lipinski definition) is 2. The Morgan fingerprint density at radius 3 is 2.55 bits per heavy atom. The van der Waals surface area contributed by atoms with Crippen molar-refractivity contribution < 1.29 is 9.50 Å². The van der Waals surface area contributed by atoms with E-state index in [1.807, 2.05) is 13.0 Å². The van der Waals surface area contributed by atoms with E-state index in [1.165, 1.54) is 12.1 Å². The molecule has 5 heteroatoms. The highest BCUT2D eigenvalue weighted by atomic mass is 19.1. The van der Waals surface area contributed by atoms with Crippen LogP contribution in [-0.2, 0) is 13.1 Å². The van der Waals surface area contributed by atoms with E-state index in [0.717, 1.165) is 17.7 Å². The molecule has 22 heavy (non-hydrogen) atoms. The molecule has 0 aliphatic heterocycles.